The zero-order valence-electron chi connectivity index (χ0n) is 23.0. The third-order valence-electron chi connectivity index (χ3n) is 8.35. The number of hydrogen-bond acceptors (Lipinski definition) is 8. The lowest BCUT2D eigenvalue weighted by Gasteiger charge is -2.46. The molecule has 3 aromatic rings. The van der Waals surface area contributed by atoms with E-state index in [9.17, 15) is 28.2 Å². The summed E-state index contributed by atoms with van der Waals surface area (Å²) >= 11 is 0. The van der Waals surface area contributed by atoms with Gasteiger partial charge < -0.3 is 19.8 Å². The number of ether oxygens (including phenoxy) is 1. The number of sulfonamides is 1. The molecule has 4 atom stereocenters. The summed E-state index contributed by atoms with van der Waals surface area (Å²) < 4.78 is 35.6. The number of amides is 2. The predicted molar refractivity (Wildman–Crippen MR) is 153 cm³/mol. The maximum absolute atomic E-state index is 14.4. The van der Waals surface area contributed by atoms with Gasteiger partial charge in [0.05, 0.1) is 22.6 Å². The molecule has 0 bridgehead atoms. The highest BCUT2D eigenvalue weighted by molar-refractivity contribution is 7.92. The van der Waals surface area contributed by atoms with Crippen molar-refractivity contribution in [3.05, 3.63) is 100 Å². The Hall–Kier alpha value is -4.62. The van der Waals surface area contributed by atoms with Gasteiger partial charge in [-0.25, -0.2) is 12.7 Å². The number of para-hydroxylation sites is 1. The molecule has 3 aromatic carbocycles. The van der Waals surface area contributed by atoms with Gasteiger partial charge in [-0.2, -0.15) is 0 Å². The molecule has 2 amide bonds. The number of fused-ring (bicyclic) bond motifs is 5. The van der Waals surface area contributed by atoms with E-state index in [1.54, 1.807) is 66.7 Å². The normalized spacial score (nSPS) is 26.1. The molecule has 13 nitrogen and oxygen atoms in total. The number of carbonyl (C=O) groups excluding carboxylic acids is 2. The Morgan fingerprint density at radius 1 is 1.05 bits per heavy atom. The minimum absolute atomic E-state index is 0.0472. The minimum atomic E-state index is -4.37. The first-order valence-electron chi connectivity index (χ1n) is 13.5. The third kappa shape index (κ3) is 4.06. The van der Waals surface area contributed by atoms with Crippen molar-refractivity contribution >= 4 is 27.5 Å². The SMILES string of the molecule is CN1C(=O)[C@]2(O)C[C@]3(c4ccc(OCCCN=[N+]=[N-])cc4)c4ccccc4N(S(=O)(=O)c4ccccc4)[C@@H]3N2C(=O)[C@H]1O. The lowest BCUT2D eigenvalue weighted by Crippen LogP contribution is -2.71. The van der Waals surface area contributed by atoms with Crippen LogP contribution in [0.15, 0.2) is 88.9 Å². The molecule has 222 valence electrons. The molecule has 43 heavy (non-hydrogen) atoms. The molecule has 0 saturated carbocycles. The number of nitrogens with zero attached hydrogens (tertiary/aromatic N) is 6. The molecule has 2 N–H and O–H groups in total. The zero-order chi connectivity index (χ0) is 30.6. The van der Waals surface area contributed by atoms with Gasteiger partial charge in [-0.1, -0.05) is 53.6 Å². The lowest BCUT2D eigenvalue weighted by molar-refractivity contribution is -0.207. The quantitative estimate of drug-likeness (QED) is 0.172. The van der Waals surface area contributed by atoms with Crippen molar-refractivity contribution in [3.8, 4) is 5.75 Å². The van der Waals surface area contributed by atoms with Crippen LogP contribution in [0.4, 0.5) is 5.69 Å². The van der Waals surface area contributed by atoms with E-state index in [1.165, 1.54) is 19.2 Å². The summed E-state index contributed by atoms with van der Waals surface area (Å²) in [6.07, 6.45) is -3.22. The summed E-state index contributed by atoms with van der Waals surface area (Å²) in [5.74, 6) is -1.44. The van der Waals surface area contributed by atoms with Crippen LogP contribution in [0.25, 0.3) is 10.4 Å². The van der Waals surface area contributed by atoms with Gasteiger partial charge in [0.15, 0.2) is 0 Å². The number of carbonyl (C=O) groups is 2. The topological polar surface area (TPSA) is 176 Å². The summed E-state index contributed by atoms with van der Waals surface area (Å²) in [6.45, 7) is 0.567. The molecule has 0 spiro atoms. The van der Waals surface area contributed by atoms with Gasteiger partial charge in [0, 0.05) is 24.9 Å². The standard InChI is InChI=1S/C29H28N6O7S/c1-33-24(36)25(37)34-26-28(18-29(34,39)27(33)38,19-12-14-20(15-13-19)42-17-7-16-31-32-30)22-10-5-6-11-23(22)35(26)43(40,41)21-8-3-2-4-9-21/h2-6,8-15,24,26,36,39H,7,16-18H2,1H3/t24-,26+,28+,29-/m1/s1. The molecule has 3 aliphatic rings. The highest BCUT2D eigenvalue weighted by Crippen LogP contribution is 2.62. The maximum atomic E-state index is 14.4. The van der Waals surface area contributed by atoms with E-state index in [-0.39, 0.29) is 23.5 Å². The zero-order valence-corrected chi connectivity index (χ0v) is 23.8. The Morgan fingerprint density at radius 3 is 2.42 bits per heavy atom. The van der Waals surface area contributed by atoms with E-state index in [2.05, 4.69) is 10.0 Å². The van der Waals surface area contributed by atoms with Crippen LogP contribution in [0.2, 0.25) is 0 Å². The molecule has 3 aliphatic heterocycles. The number of likely N-dealkylation sites (N-methyl/N-ethyl adjacent to an activating group) is 1. The summed E-state index contributed by atoms with van der Waals surface area (Å²) in [5, 5.41) is 26.2. The second-order valence-electron chi connectivity index (χ2n) is 10.6. The summed E-state index contributed by atoms with van der Waals surface area (Å²) in [4.78, 5) is 31.6. The second-order valence-corrected chi connectivity index (χ2v) is 12.5. The Labute approximate surface area is 247 Å². The first kappa shape index (κ1) is 28.5. The predicted octanol–water partition coefficient (Wildman–Crippen LogP) is 2.30. The number of aliphatic hydroxyl groups excluding tert-OH is 1. The van der Waals surface area contributed by atoms with Crippen LogP contribution in [-0.4, -0.2) is 78.6 Å². The molecular weight excluding hydrogens is 576 g/mol. The number of rotatable bonds is 8. The molecular formula is C29H28N6O7S. The Morgan fingerprint density at radius 2 is 1.72 bits per heavy atom. The Balaban J connectivity index is 1.54. The largest absolute Gasteiger partial charge is 0.494 e. The molecule has 0 aliphatic carbocycles. The summed E-state index contributed by atoms with van der Waals surface area (Å²) in [7, 11) is -3.16. The molecule has 3 heterocycles. The van der Waals surface area contributed by atoms with Crippen LogP contribution in [-0.2, 0) is 25.0 Å². The van der Waals surface area contributed by atoms with Gasteiger partial charge in [0.25, 0.3) is 21.8 Å². The highest BCUT2D eigenvalue weighted by Gasteiger charge is 2.74. The fourth-order valence-electron chi connectivity index (χ4n) is 6.46. The molecule has 0 radical (unpaired) electrons. The number of benzene rings is 3. The average Bonchev–Trinajstić information content (AvgIpc) is 3.46. The molecule has 6 rings (SSSR count). The molecule has 2 fully saturated rings. The van der Waals surface area contributed by atoms with E-state index in [1.807, 2.05) is 0 Å². The van der Waals surface area contributed by atoms with Crippen LogP contribution in [0.1, 0.15) is 24.0 Å². The fourth-order valence-corrected chi connectivity index (χ4v) is 8.14. The minimum Gasteiger partial charge on any atom is -0.494 e. The van der Waals surface area contributed by atoms with Crippen molar-refractivity contribution < 1.29 is 33.0 Å². The summed E-state index contributed by atoms with van der Waals surface area (Å²) in [5.41, 5.74) is 5.88. The van der Waals surface area contributed by atoms with Gasteiger partial charge in [0.1, 0.15) is 11.9 Å². The number of piperazine rings is 1. The molecule has 14 heteroatoms. The van der Waals surface area contributed by atoms with Crippen molar-refractivity contribution in [2.24, 2.45) is 5.11 Å². The first-order chi connectivity index (χ1) is 20.6. The smallest absolute Gasteiger partial charge is 0.278 e. The van der Waals surface area contributed by atoms with Gasteiger partial charge in [-0.3, -0.25) is 14.5 Å². The Bertz CT molecular complexity index is 1750. The summed E-state index contributed by atoms with van der Waals surface area (Å²) in [6, 6.07) is 21.2. The van der Waals surface area contributed by atoms with Crippen molar-refractivity contribution in [1.82, 2.24) is 9.80 Å². The van der Waals surface area contributed by atoms with Gasteiger partial charge >= 0.3 is 0 Å². The maximum Gasteiger partial charge on any atom is 0.278 e. The van der Waals surface area contributed by atoms with Crippen molar-refractivity contribution in [1.29, 1.82) is 0 Å². The van der Waals surface area contributed by atoms with Crippen molar-refractivity contribution in [2.45, 2.75) is 41.3 Å². The van der Waals surface area contributed by atoms with Crippen LogP contribution in [0.5, 0.6) is 5.75 Å². The van der Waals surface area contributed by atoms with Crippen molar-refractivity contribution in [3.63, 3.8) is 0 Å². The van der Waals surface area contributed by atoms with Crippen LogP contribution in [0.3, 0.4) is 0 Å². The Kier molecular flexibility index (Phi) is 6.81. The van der Waals surface area contributed by atoms with E-state index < -0.39 is 45.4 Å². The van der Waals surface area contributed by atoms with Crippen LogP contribution < -0.4 is 9.04 Å². The molecule has 0 unspecified atom stereocenters. The van der Waals surface area contributed by atoms with E-state index >= 15 is 0 Å². The van der Waals surface area contributed by atoms with Crippen molar-refractivity contribution in [2.75, 3.05) is 24.5 Å². The van der Waals surface area contributed by atoms with Crippen LogP contribution >= 0.6 is 0 Å². The number of azide groups is 1. The highest BCUT2D eigenvalue weighted by atomic mass is 32.2. The number of aliphatic hydroxyl groups is 2. The van der Waals surface area contributed by atoms with E-state index in [0.717, 1.165) is 14.1 Å². The first-order valence-corrected chi connectivity index (χ1v) is 15.0. The van der Waals surface area contributed by atoms with Crippen LogP contribution in [0, 0.1) is 0 Å². The average molecular weight is 605 g/mol. The molecule has 0 aromatic heterocycles. The monoisotopic (exact) mass is 604 g/mol. The van der Waals surface area contributed by atoms with Gasteiger partial charge in [-0.05, 0) is 53.4 Å². The van der Waals surface area contributed by atoms with Gasteiger partial charge in [0.2, 0.25) is 12.0 Å². The fraction of sp³-hybridized carbons (Fsp3) is 0.310. The second kappa shape index (κ2) is 10.3. The number of anilines is 1. The van der Waals surface area contributed by atoms with Gasteiger partial charge in [-0.15, -0.1) is 0 Å². The van der Waals surface area contributed by atoms with E-state index in [0.29, 0.717) is 29.9 Å². The lowest BCUT2D eigenvalue weighted by atomic mass is 9.72. The molecule has 2 saturated heterocycles. The number of hydrogen-bond donors (Lipinski definition) is 2. The third-order valence-corrected chi connectivity index (χ3v) is 10.1. The van der Waals surface area contributed by atoms with E-state index in [4.69, 9.17) is 10.3 Å².